The van der Waals surface area contributed by atoms with Gasteiger partial charge in [-0.15, -0.1) is 10.2 Å². The van der Waals surface area contributed by atoms with E-state index in [-0.39, 0.29) is 5.54 Å². The van der Waals surface area contributed by atoms with Crippen LogP contribution in [0.25, 0.3) is 0 Å². The van der Waals surface area contributed by atoms with Crippen LogP contribution in [-0.4, -0.2) is 28.8 Å². The highest BCUT2D eigenvalue weighted by atomic mass is 32.1. The lowest BCUT2D eigenvalue weighted by molar-refractivity contribution is 0.435. The number of rotatable bonds is 4. The van der Waals surface area contributed by atoms with Gasteiger partial charge < -0.3 is 10.6 Å². The van der Waals surface area contributed by atoms with Gasteiger partial charge in [-0.05, 0) is 20.8 Å². The van der Waals surface area contributed by atoms with Crippen LogP contribution in [0.1, 0.15) is 20.8 Å². The third-order valence-corrected chi connectivity index (χ3v) is 2.07. The third-order valence-electron chi connectivity index (χ3n) is 1.42. The summed E-state index contributed by atoms with van der Waals surface area (Å²) < 4.78 is 0. The van der Waals surface area contributed by atoms with Crippen molar-refractivity contribution >= 4 is 16.5 Å². The Labute approximate surface area is 82.8 Å². The maximum Gasteiger partial charge on any atom is 0.205 e. The zero-order valence-electron chi connectivity index (χ0n) is 8.29. The maximum absolute atomic E-state index is 3.88. The Kier molecular flexibility index (Phi) is 3.62. The van der Waals surface area contributed by atoms with Crippen molar-refractivity contribution in [1.82, 2.24) is 15.5 Å². The normalized spacial score (nSPS) is 11.6. The summed E-state index contributed by atoms with van der Waals surface area (Å²) in [6.07, 6.45) is 0. The summed E-state index contributed by atoms with van der Waals surface area (Å²) >= 11 is 1.52. The molecular formula is C8H16N4S. The predicted molar refractivity (Wildman–Crippen MR) is 56.2 cm³/mol. The molecule has 0 aliphatic rings. The lowest BCUT2D eigenvalue weighted by Gasteiger charge is -2.20. The first-order valence-corrected chi connectivity index (χ1v) is 5.21. The molecule has 5 heteroatoms. The second-order valence-corrected chi connectivity index (χ2v) is 4.68. The Morgan fingerprint density at radius 3 is 2.69 bits per heavy atom. The molecule has 0 saturated carbocycles. The highest BCUT2D eigenvalue weighted by molar-refractivity contribution is 7.13. The molecule has 1 aromatic rings. The minimum Gasteiger partial charge on any atom is -0.359 e. The topological polar surface area (TPSA) is 49.8 Å². The fraction of sp³-hybridized carbons (Fsp3) is 0.750. The number of nitrogens with one attached hydrogen (secondary N) is 2. The van der Waals surface area contributed by atoms with Gasteiger partial charge in [0.15, 0.2) is 0 Å². The van der Waals surface area contributed by atoms with Crippen molar-refractivity contribution < 1.29 is 0 Å². The summed E-state index contributed by atoms with van der Waals surface area (Å²) in [5.74, 6) is 0. The Morgan fingerprint density at radius 1 is 1.38 bits per heavy atom. The fourth-order valence-corrected chi connectivity index (χ4v) is 1.33. The van der Waals surface area contributed by atoms with Gasteiger partial charge in [-0.25, -0.2) is 0 Å². The molecule has 0 fully saturated rings. The average Bonchev–Trinajstić information content (AvgIpc) is 2.48. The van der Waals surface area contributed by atoms with Crippen molar-refractivity contribution in [2.24, 2.45) is 0 Å². The molecule has 0 aliphatic heterocycles. The smallest absolute Gasteiger partial charge is 0.205 e. The summed E-state index contributed by atoms with van der Waals surface area (Å²) in [7, 11) is 0. The van der Waals surface area contributed by atoms with Crippen LogP contribution >= 0.6 is 11.3 Å². The van der Waals surface area contributed by atoms with Crippen molar-refractivity contribution in [1.29, 1.82) is 0 Å². The van der Waals surface area contributed by atoms with E-state index in [0.29, 0.717) is 0 Å². The molecule has 0 amide bonds. The summed E-state index contributed by atoms with van der Waals surface area (Å²) in [6.45, 7) is 8.27. The molecule has 4 nitrogen and oxygen atoms in total. The SMILES string of the molecule is CC(C)(C)NCCNc1nncs1. The first-order chi connectivity index (χ1) is 6.08. The largest absolute Gasteiger partial charge is 0.359 e. The monoisotopic (exact) mass is 200 g/mol. The molecule has 1 aromatic heterocycles. The Balaban J connectivity index is 2.09. The minimum absolute atomic E-state index is 0.183. The van der Waals surface area contributed by atoms with Crippen LogP contribution in [0.3, 0.4) is 0 Å². The van der Waals surface area contributed by atoms with Crippen LogP contribution in [-0.2, 0) is 0 Å². The summed E-state index contributed by atoms with van der Waals surface area (Å²) in [5, 5.41) is 15.1. The Bertz CT molecular complexity index is 227. The molecule has 0 atom stereocenters. The number of aromatic nitrogens is 2. The molecule has 0 saturated heterocycles. The van der Waals surface area contributed by atoms with Gasteiger partial charge in [0.1, 0.15) is 5.51 Å². The van der Waals surface area contributed by atoms with Crippen LogP contribution in [0.4, 0.5) is 5.13 Å². The van der Waals surface area contributed by atoms with E-state index in [1.54, 1.807) is 5.51 Å². The average molecular weight is 200 g/mol. The Hall–Kier alpha value is -0.680. The van der Waals surface area contributed by atoms with Crippen molar-refractivity contribution in [3.63, 3.8) is 0 Å². The number of nitrogens with zero attached hydrogens (tertiary/aromatic N) is 2. The lowest BCUT2D eigenvalue weighted by atomic mass is 10.1. The van der Waals surface area contributed by atoms with Gasteiger partial charge in [-0.1, -0.05) is 11.3 Å². The van der Waals surface area contributed by atoms with E-state index in [2.05, 4.69) is 41.6 Å². The molecule has 0 aromatic carbocycles. The first kappa shape index (κ1) is 10.4. The quantitative estimate of drug-likeness (QED) is 0.720. The fourth-order valence-electron chi connectivity index (χ4n) is 0.857. The van der Waals surface area contributed by atoms with Gasteiger partial charge >= 0.3 is 0 Å². The molecule has 0 aliphatic carbocycles. The van der Waals surface area contributed by atoms with Crippen LogP contribution in [0.15, 0.2) is 5.51 Å². The van der Waals surface area contributed by atoms with Crippen molar-refractivity contribution in [3.8, 4) is 0 Å². The Morgan fingerprint density at radius 2 is 2.15 bits per heavy atom. The minimum atomic E-state index is 0.183. The van der Waals surface area contributed by atoms with Gasteiger partial charge in [-0.2, -0.15) is 0 Å². The number of hydrogen-bond donors (Lipinski definition) is 2. The molecule has 0 spiro atoms. The second-order valence-electron chi connectivity index (χ2n) is 3.85. The van der Waals surface area contributed by atoms with Gasteiger partial charge in [-0.3, -0.25) is 0 Å². The second kappa shape index (κ2) is 4.53. The highest BCUT2D eigenvalue weighted by Crippen LogP contribution is 2.06. The summed E-state index contributed by atoms with van der Waals surface area (Å²) in [4.78, 5) is 0. The van der Waals surface area contributed by atoms with Crippen LogP contribution in [0, 0.1) is 0 Å². The lowest BCUT2D eigenvalue weighted by Crippen LogP contribution is -2.38. The van der Waals surface area contributed by atoms with Gasteiger partial charge in [0.2, 0.25) is 5.13 Å². The standard InChI is InChI=1S/C8H16N4S/c1-8(2,3)10-5-4-9-7-12-11-6-13-7/h6,10H,4-5H2,1-3H3,(H,9,12). The van der Waals surface area contributed by atoms with Gasteiger partial charge in [0.05, 0.1) is 0 Å². The molecule has 1 heterocycles. The van der Waals surface area contributed by atoms with E-state index in [1.807, 2.05) is 0 Å². The molecule has 74 valence electrons. The number of anilines is 1. The molecule has 0 bridgehead atoms. The van der Waals surface area contributed by atoms with Crippen molar-refractivity contribution in [3.05, 3.63) is 5.51 Å². The van der Waals surface area contributed by atoms with Crippen LogP contribution in [0.2, 0.25) is 0 Å². The van der Waals surface area contributed by atoms with E-state index in [4.69, 9.17) is 0 Å². The molecule has 13 heavy (non-hydrogen) atoms. The molecule has 1 rings (SSSR count). The molecule has 0 unspecified atom stereocenters. The van der Waals surface area contributed by atoms with Crippen molar-refractivity contribution in [2.45, 2.75) is 26.3 Å². The first-order valence-electron chi connectivity index (χ1n) is 4.33. The van der Waals surface area contributed by atoms with E-state index in [1.165, 1.54) is 11.3 Å². The summed E-state index contributed by atoms with van der Waals surface area (Å²) in [5.41, 5.74) is 1.91. The van der Waals surface area contributed by atoms with E-state index >= 15 is 0 Å². The highest BCUT2D eigenvalue weighted by Gasteiger charge is 2.06. The van der Waals surface area contributed by atoms with Crippen LogP contribution < -0.4 is 10.6 Å². The van der Waals surface area contributed by atoms with Crippen LogP contribution in [0.5, 0.6) is 0 Å². The maximum atomic E-state index is 3.88. The van der Waals surface area contributed by atoms with E-state index in [0.717, 1.165) is 18.2 Å². The predicted octanol–water partition coefficient (Wildman–Crippen LogP) is 1.34. The number of hydrogen-bond acceptors (Lipinski definition) is 5. The molecule has 0 radical (unpaired) electrons. The zero-order valence-corrected chi connectivity index (χ0v) is 9.11. The zero-order chi connectivity index (χ0) is 9.73. The van der Waals surface area contributed by atoms with Crippen molar-refractivity contribution in [2.75, 3.05) is 18.4 Å². The van der Waals surface area contributed by atoms with Gasteiger partial charge in [0, 0.05) is 18.6 Å². The van der Waals surface area contributed by atoms with Gasteiger partial charge in [0.25, 0.3) is 0 Å². The summed E-state index contributed by atoms with van der Waals surface area (Å²) in [6, 6.07) is 0. The third kappa shape index (κ3) is 4.80. The molecule has 2 N–H and O–H groups in total. The van der Waals surface area contributed by atoms with E-state index in [9.17, 15) is 0 Å². The van der Waals surface area contributed by atoms with E-state index < -0.39 is 0 Å². The molecular weight excluding hydrogens is 184 g/mol.